The van der Waals surface area contributed by atoms with Crippen LogP contribution in [0.1, 0.15) is 24.1 Å². The van der Waals surface area contributed by atoms with E-state index in [1.165, 1.54) is 0 Å². The van der Waals surface area contributed by atoms with Gasteiger partial charge in [-0.25, -0.2) is 13.1 Å². The van der Waals surface area contributed by atoms with E-state index in [1.54, 1.807) is 6.20 Å². The molecule has 1 aromatic rings. The predicted molar refractivity (Wildman–Crippen MR) is 63.9 cm³/mol. The van der Waals surface area contributed by atoms with Gasteiger partial charge in [-0.1, -0.05) is 0 Å². The van der Waals surface area contributed by atoms with E-state index in [0.29, 0.717) is 18.7 Å². The van der Waals surface area contributed by atoms with Gasteiger partial charge in [-0.05, 0) is 19.8 Å². The van der Waals surface area contributed by atoms with Gasteiger partial charge < -0.3 is 0 Å². The smallest absolute Gasteiger partial charge is 0.211 e. The summed E-state index contributed by atoms with van der Waals surface area (Å²) in [5, 5.41) is 6.58. The Morgan fingerprint density at radius 1 is 1.50 bits per heavy atom. The lowest BCUT2D eigenvalue weighted by atomic mass is 10.3. The average Bonchev–Trinajstić information content (AvgIpc) is 2.62. The van der Waals surface area contributed by atoms with Crippen molar-refractivity contribution >= 4 is 21.6 Å². The number of nitrogens with zero attached hydrogens (tertiary/aromatic N) is 1. The fraction of sp³-hybridized carbons (Fsp3) is 0.667. The van der Waals surface area contributed by atoms with Crippen molar-refractivity contribution in [2.24, 2.45) is 0 Å². The maximum Gasteiger partial charge on any atom is 0.211 e. The largest absolute Gasteiger partial charge is 0.283 e. The number of aryl methyl sites for hydroxylation is 1. The third-order valence-electron chi connectivity index (χ3n) is 2.21. The van der Waals surface area contributed by atoms with Crippen LogP contribution < -0.4 is 4.72 Å². The second kappa shape index (κ2) is 6.22. The number of unbranched alkanes of at least 4 members (excludes halogenated alkanes) is 1. The minimum atomic E-state index is -3.20. The molecule has 5 nitrogen and oxygen atoms in total. The molecule has 0 aliphatic heterocycles. The highest BCUT2D eigenvalue weighted by atomic mass is 35.5. The van der Waals surface area contributed by atoms with Crippen LogP contribution in [0.2, 0.25) is 0 Å². The standard InChI is InChI=1S/C9H16ClN3O2S/c1-8-9(6-11-13-8)7-12-16(14,15)5-3-2-4-10/h6,12H,2-5,7H2,1H3,(H,11,13). The zero-order chi connectivity index (χ0) is 12.0. The summed E-state index contributed by atoms with van der Waals surface area (Å²) in [5.41, 5.74) is 1.74. The summed E-state index contributed by atoms with van der Waals surface area (Å²) in [4.78, 5) is 0. The van der Waals surface area contributed by atoms with Gasteiger partial charge in [0, 0.05) is 23.7 Å². The number of hydrogen-bond donors (Lipinski definition) is 2. The van der Waals surface area contributed by atoms with Crippen molar-refractivity contribution in [3.63, 3.8) is 0 Å². The van der Waals surface area contributed by atoms with Crippen molar-refractivity contribution in [1.82, 2.24) is 14.9 Å². The number of alkyl halides is 1. The second-order valence-electron chi connectivity index (χ2n) is 3.56. The molecule has 0 saturated heterocycles. The van der Waals surface area contributed by atoms with Crippen LogP contribution in [-0.2, 0) is 16.6 Å². The fourth-order valence-electron chi connectivity index (χ4n) is 1.20. The van der Waals surface area contributed by atoms with Gasteiger partial charge in [0.2, 0.25) is 10.0 Å². The van der Waals surface area contributed by atoms with Gasteiger partial charge in [0.25, 0.3) is 0 Å². The van der Waals surface area contributed by atoms with E-state index < -0.39 is 10.0 Å². The molecule has 1 aromatic heterocycles. The Balaban J connectivity index is 2.39. The molecule has 0 amide bonds. The summed E-state index contributed by atoms with van der Waals surface area (Å²) in [6.45, 7) is 2.13. The molecular weight excluding hydrogens is 250 g/mol. The van der Waals surface area contributed by atoms with Crippen LogP contribution in [0.4, 0.5) is 0 Å². The Labute approximate surface area is 101 Å². The number of sulfonamides is 1. The highest BCUT2D eigenvalue weighted by Crippen LogP contribution is 2.03. The minimum Gasteiger partial charge on any atom is -0.283 e. The molecule has 0 fully saturated rings. The van der Waals surface area contributed by atoms with Crippen LogP contribution in [-0.4, -0.2) is 30.2 Å². The molecule has 0 spiro atoms. The predicted octanol–water partition coefficient (Wildman–Crippen LogP) is 1.16. The summed E-state index contributed by atoms with van der Waals surface area (Å²) in [6.07, 6.45) is 2.92. The van der Waals surface area contributed by atoms with Crippen LogP contribution in [0.5, 0.6) is 0 Å². The Hall–Kier alpha value is -0.590. The van der Waals surface area contributed by atoms with Gasteiger partial charge in [0.15, 0.2) is 0 Å². The molecule has 0 atom stereocenters. The monoisotopic (exact) mass is 265 g/mol. The van der Waals surface area contributed by atoms with Gasteiger partial charge in [0.1, 0.15) is 0 Å². The van der Waals surface area contributed by atoms with E-state index in [0.717, 1.165) is 11.3 Å². The second-order valence-corrected chi connectivity index (χ2v) is 5.86. The number of aromatic nitrogens is 2. The van der Waals surface area contributed by atoms with Crippen molar-refractivity contribution in [1.29, 1.82) is 0 Å². The zero-order valence-corrected chi connectivity index (χ0v) is 10.7. The molecule has 0 aromatic carbocycles. The molecule has 92 valence electrons. The van der Waals surface area contributed by atoms with Gasteiger partial charge in [0.05, 0.1) is 11.9 Å². The maximum atomic E-state index is 11.5. The number of H-pyrrole nitrogens is 1. The van der Waals surface area contributed by atoms with Crippen molar-refractivity contribution in [2.45, 2.75) is 26.3 Å². The summed E-state index contributed by atoms with van der Waals surface area (Å²) in [7, 11) is -3.20. The molecule has 0 aliphatic rings. The van der Waals surface area contributed by atoms with Crippen LogP contribution in [0.15, 0.2) is 6.20 Å². The summed E-state index contributed by atoms with van der Waals surface area (Å²) < 4.78 is 25.6. The molecule has 0 bridgehead atoms. The van der Waals surface area contributed by atoms with E-state index >= 15 is 0 Å². The number of nitrogens with one attached hydrogen (secondary N) is 2. The first-order valence-electron chi connectivity index (χ1n) is 5.07. The van der Waals surface area contributed by atoms with Crippen molar-refractivity contribution < 1.29 is 8.42 Å². The molecule has 1 heterocycles. The number of hydrogen-bond acceptors (Lipinski definition) is 3. The molecule has 7 heteroatoms. The van der Waals surface area contributed by atoms with Crippen molar-refractivity contribution in [3.8, 4) is 0 Å². The Kier molecular flexibility index (Phi) is 5.24. The van der Waals surface area contributed by atoms with E-state index in [1.807, 2.05) is 6.92 Å². The highest BCUT2D eigenvalue weighted by Gasteiger charge is 2.10. The average molecular weight is 266 g/mol. The highest BCUT2D eigenvalue weighted by molar-refractivity contribution is 7.89. The first-order chi connectivity index (χ1) is 7.55. The van der Waals surface area contributed by atoms with E-state index in [2.05, 4.69) is 14.9 Å². The maximum absolute atomic E-state index is 11.5. The van der Waals surface area contributed by atoms with Gasteiger partial charge >= 0.3 is 0 Å². The Morgan fingerprint density at radius 3 is 2.81 bits per heavy atom. The van der Waals surface area contributed by atoms with Crippen molar-refractivity contribution in [2.75, 3.05) is 11.6 Å². The molecular formula is C9H16ClN3O2S. The first-order valence-corrected chi connectivity index (χ1v) is 7.26. The molecule has 0 radical (unpaired) electrons. The quantitative estimate of drug-likeness (QED) is 0.574. The zero-order valence-electron chi connectivity index (χ0n) is 9.16. The molecule has 0 saturated carbocycles. The van der Waals surface area contributed by atoms with Crippen LogP contribution in [0.3, 0.4) is 0 Å². The molecule has 0 aliphatic carbocycles. The molecule has 1 rings (SSSR count). The lowest BCUT2D eigenvalue weighted by Crippen LogP contribution is -2.26. The van der Waals surface area contributed by atoms with Crippen LogP contribution in [0.25, 0.3) is 0 Å². The topological polar surface area (TPSA) is 74.8 Å². The third-order valence-corrected chi connectivity index (χ3v) is 3.89. The van der Waals surface area contributed by atoms with Gasteiger partial charge in [-0.3, -0.25) is 5.10 Å². The Morgan fingerprint density at radius 2 is 2.25 bits per heavy atom. The van der Waals surface area contributed by atoms with Gasteiger partial charge in [-0.2, -0.15) is 5.10 Å². The third kappa shape index (κ3) is 4.51. The van der Waals surface area contributed by atoms with Gasteiger partial charge in [-0.15, -0.1) is 11.6 Å². The fourth-order valence-corrected chi connectivity index (χ4v) is 2.49. The van der Waals surface area contributed by atoms with E-state index in [-0.39, 0.29) is 12.3 Å². The van der Waals surface area contributed by atoms with Crippen LogP contribution in [0, 0.1) is 6.92 Å². The molecule has 16 heavy (non-hydrogen) atoms. The summed E-state index contributed by atoms with van der Waals surface area (Å²) >= 11 is 5.48. The lowest BCUT2D eigenvalue weighted by Gasteiger charge is -2.05. The van der Waals surface area contributed by atoms with Crippen molar-refractivity contribution in [3.05, 3.63) is 17.5 Å². The first kappa shape index (κ1) is 13.5. The number of rotatable bonds is 7. The minimum absolute atomic E-state index is 0.122. The van der Waals surface area contributed by atoms with E-state index in [9.17, 15) is 8.42 Å². The lowest BCUT2D eigenvalue weighted by molar-refractivity contribution is 0.578. The van der Waals surface area contributed by atoms with E-state index in [4.69, 9.17) is 11.6 Å². The summed E-state index contributed by atoms with van der Waals surface area (Å²) in [6, 6.07) is 0. The molecule has 0 unspecified atom stereocenters. The number of aromatic amines is 1. The summed E-state index contributed by atoms with van der Waals surface area (Å²) in [5.74, 6) is 0.618. The number of halogens is 1. The Bertz CT molecular complexity index is 416. The SMILES string of the molecule is Cc1[nH]ncc1CNS(=O)(=O)CCCCCl. The molecule has 2 N–H and O–H groups in total. The van der Waals surface area contributed by atoms with Crippen LogP contribution >= 0.6 is 11.6 Å². The normalized spacial score (nSPS) is 11.9.